The largest absolute Gasteiger partial charge is 0.385 e. The van der Waals surface area contributed by atoms with E-state index in [0.29, 0.717) is 18.3 Å². The third-order valence-corrected chi connectivity index (χ3v) is 2.61. The third-order valence-electron chi connectivity index (χ3n) is 2.61. The summed E-state index contributed by atoms with van der Waals surface area (Å²) in [7, 11) is 1.70. The molecule has 0 aliphatic rings. The highest BCUT2D eigenvalue weighted by molar-refractivity contribution is 5.28. The zero-order valence-corrected chi connectivity index (χ0v) is 11.5. The van der Waals surface area contributed by atoms with Crippen LogP contribution in [0.3, 0.4) is 0 Å². The summed E-state index contributed by atoms with van der Waals surface area (Å²) < 4.78 is 12.2. The van der Waals surface area contributed by atoms with Crippen molar-refractivity contribution in [2.24, 2.45) is 0 Å². The third kappa shape index (κ3) is 3.78. The van der Waals surface area contributed by atoms with Gasteiger partial charge in [0.15, 0.2) is 5.82 Å². The SMILES string of the molecule is COCCCn1cc(C)nc1NCc1nc(C)no1. The molecule has 0 aromatic carbocycles. The van der Waals surface area contributed by atoms with Crippen molar-refractivity contribution in [2.45, 2.75) is 33.4 Å². The van der Waals surface area contributed by atoms with Crippen LogP contribution in [-0.2, 0) is 17.8 Å². The fourth-order valence-electron chi connectivity index (χ4n) is 1.80. The van der Waals surface area contributed by atoms with E-state index < -0.39 is 0 Å². The molecule has 0 bridgehead atoms. The minimum atomic E-state index is 0.474. The normalized spacial score (nSPS) is 10.9. The van der Waals surface area contributed by atoms with E-state index in [1.807, 2.05) is 13.1 Å². The molecular weight excluding hydrogens is 246 g/mol. The lowest BCUT2D eigenvalue weighted by atomic mass is 10.4. The number of hydrogen-bond acceptors (Lipinski definition) is 6. The fourth-order valence-corrected chi connectivity index (χ4v) is 1.80. The Balaban J connectivity index is 1.95. The molecule has 0 spiro atoms. The van der Waals surface area contributed by atoms with Crippen LogP contribution >= 0.6 is 0 Å². The van der Waals surface area contributed by atoms with Gasteiger partial charge in [-0.3, -0.25) is 0 Å². The van der Waals surface area contributed by atoms with E-state index in [-0.39, 0.29) is 0 Å². The maximum absolute atomic E-state index is 5.05. The Bertz CT molecular complexity index is 520. The summed E-state index contributed by atoms with van der Waals surface area (Å²) in [5, 5.41) is 6.95. The molecule has 0 saturated carbocycles. The lowest BCUT2D eigenvalue weighted by Gasteiger charge is -2.07. The van der Waals surface area contributed by atoms with Gasteiger partial charge in [0.25, 0.3) is 0 Å². The minimum Gasteiger partial charge on any atom is -0.385 e. The van der Waals surface area contributed by atoms with Crippen molar-refractivity contribution in [3.8, 4) is 0 Å². The summed E-state index contributed by atoms with van der Waals surface area (Å²) in [6.45, 7) is 5.83. The maximum atomic E-state index is 5.05. The van der Waals surface area contributed by atoms with Crippen LogP contribution in [0.25, 0.3) is 0 Å². The van der Waals surface area contributed by atoms with Crippen LogP contribution in [0.5, 0.6) is 0 Å². The second-order valence-corrected chi connectivity index (χ2v) is 4.33. The first-order chi connectivity index (χ1) is 9.19. The zero-order valence-electron chi connectivity index (χ0n) is 11.5. The van der Waals surface area contributed by atoms with Gasteiger partial charge in [-0.1, -0.05) is 5.16 Å². The molecule has 0 unspecified atom stereocenters. The highest BCUT2D eigenvalue weighted by Crippen LogP contribution is 2.10. The number of rotatable bonds is 7. The van der Waals surface area contributed by atoms with E-state index in [9.17, 15) is 0 Å². The van der Waals surface area contributed by atoms with Crippen molar-refractivity contribution in [1.82, 2.24) is 19.7 Å². The molecule has 7 nitrogen and oxygen atoms in total. The molecule has 104 valence electrons. The number of aryl methyl sites for hydroxylation is 3. The van der Waals surface area contributed by atoms with Crippen LogP contribution in [0, 0.1) is 13.8 Å². The Morgan fingerprint density at radius 1 is 1.37 bits per heavy atom. The van der Waals surface area contributed by atoms with E-state index in [2.05, 4.69) is 25.0 Å². The summed E-state index contributed by atoms with van der Waals surface area (Å²) in [6.07, 6.45) is 2.96. The molecule has 1 N–H and O–H groups in total. The van der Waals surface area contributed by atoms with Gasteiger partial charge in [-0.05, 0) is 20.3 Å². The molecule has 0 aliphatic carbocycles. The molecule has 0 amide bonds. The van der Waals surface area contributed by atoms with Gasteiger partial charge in [-0.2, -0.15) is 4.98 Å². The fraction of sp³-hybridized carbons (Fsp3) is 0.583. The molecule has 7 heteroatoms. The summed E-state index contributed by atoms with van der Waals surface area (Å²) in [6, 6.07) is 0. The summed E-state index contributed by atoms with van der Waals surface area (Å²) in [4.78, 5) is 8.57. The van der Waals surface area contributed by atoms with Gasteiger partial charge in [0, 0.05) is 26.5 Å². The average molecular weight is 265 g/mol. The molecule has 0 saturated heterocycles. The number of nitrogens with one attached hydrogen (secondary N) is 1. The average Bonchev–Trinajstić information content (AvgIpc) is 2.94. The van der Waals surface area contributed by atoms with Crippen molar-refractivity contribution < 1.29 is 9.26 Å². The number of anilines is 1. The Hall–Kier alpha value is -1.89. The molecule has 0 fully saturated rings. The van der Waals surface area contributed by atoms with Gasteiger partial charge in [-0.15, -0.1) is 0 Å². The van der Waals surface area contributed by atoms with Crippen molar-refractivity contribution in [1.29, 1.82) is 0 Å². The highest BCUT2D eigenvalue weighted by atomic mass is 16.5. The van der Waals surface area contributed by atoms with Crippen LogP contribution in [0.15, 0.2) is 10.7 Å². The molecule has 19 heavy (non-hydrogen) atoms. The smallest absolute Gasteiger partial charge is 0.246 e. The predicted octanol–water partition coefficient (Wildman–Crippen LogP) is 1.53. The molecule has 0 atom stereocenters. The van der Waals surface area contributed by atoms with Gasteiger partial charge < -0.3 is 19.1 Å². The van der Waals surface area contributed by atoms with Gasteiger partial charge in [-0.25, -0.2) is 4.98 Å². The van der Waals surface area contributed by atoms with Crippen LogP contribution in [0.2, 0.25) is 0 Å². The second-order valence-electron chi connectivity index (χ2n) is 4.33. The Labute approximate surface area is 112 Å². The van der Waals surface area contributed by atoms with Crippen LogP contribution in [0.4, 0.5) is 5.95 Å². The van der Waals surface area contributed by atoms with E-state index >= 15 is 0 Å². The van der Waals surface area contributed by atoms with E-state index in [1.54, 1.807) is 14.0 Å². The van der Waals surface area contributed by atoms with Crippen molar-refractivity contribution in [3.63, 3.8) is 0 Å². The standard InChI is InChI=1S/C12H19N5O2/c1-9-8-17(5-4-6-18-3)12(14-9)13-7-11-15-10(2)16-19-11/h8H,4-7H2,1-3H3,(H,13,14). The van der Waals surface area contributed by atoms with Crippen LogP contribution in [-0.4, -0.2) is 33.4 Å². The molecule has 0 radical (unpaired) electrons. The summed E-state index contributed by atoms with van der Waals surface area (Å²) in [5.74, 6) is 2.00. The lowest BCUT2D eigenvalue weighted by molar-refractivity contribution is 0.190. The number of imidazole rings is 1. The van der Waals surface area contributed by atoms with E-state index in [1.165, 1.54) is 0 Å². The molecule has 2 heterocycles. The Kier molecular flexibility index (Phi) is 4.51. The van der Waals surface area contributed by atoms with Crippen LogP contribution in [0.1, 0.15) is 23.8 Å². The zero-order chi connectivity index (χ0) is 13.7. The number of hydrogen-bond donors (Lipinski definition) is 1. The first-order valence-corrected chi connectivity index (χ1v) is 6.25. The number of aromatic nitrogens is 4. The maximum Gasteiger partial charge on any atom is 0.246 e. The molecular formula is C12H19N5O2. The van der Waals surface area contributed by atoms with E-state index in [4.69, 9.17) is 9.26 Å². The van der Waals surface area contributed by atoms with Crippen molar-refractivity contribution in [3.05, 3.63) is 23.6 Å². The molecule has 0 aliphatic heterocycles. The number of nitrogens with zero attached hydrogens (tertiary/aromatic N) is 4. The van der Waals surface area contributed by atoms with Crippen LogP contribution < -0.4 is 5.32 Å². The van der Waals surface area contributed by atoms with E-state index in [0.717, 1.165) is 31.2 Å². The first-order valence-electron chi connectivity index (χ1n) is 6.25. The van der Waals surface area contributed by atoms with Crippen molar-refractivity contribution >= 4 is 5.95 Å². The van der Waals surface area contributed by atoms with Gasteiger partial charge in [0.05, 0.1) is 12.2 Å². The molecule has 2 aromatic heterocycles. The second kappa shape index (κ2) is 6.33. The van der Waals surface area contributed by atoms with Gasteiger partial charge in [0.1, 0.15) is 0 Å². The first kappa shape index (κ1) is 13.5. The molecule has 2 rings (SSSR count). The predicted molar refractivity (Wildman–Crippen MR) is 69.8 cm³/mol. The minimum absolute atomic E-state index is 0.474. The number of ether oxygens (including phenoxy) is 1. The Morgan fingerprint density at radius 2 is 2.21 bits per heavy atom. The lowest BCUT2D eigenvalue weighted by Crippen LogP contribution is -2.08. The summed E-state index contributed by atoms with van der Waals surface area (Å²) >= 11 is 0. The number of methoxy groups -OCH3 is 1. The quantitative estimate of drug-likeness (QED) is 0.765. The topological polar surface area (TPSA) is 78.0 Å². The molecule has 2 aromatic rings. The van der Waals surface area contributed by atoms with Gasteiger partial charge >= 0.3 is 0 Å². The van der Waals surface area contributed by atoms with Gasteiger partial charge in [0.2, 0.25) is 11.8 Å². The summed E-state index contributed by atoms with van der Waals surface area (Å²) in [5.41, 5.74) is 0.974. The monoisotopic (exact) mass is 265 g/mol. The Morgan fingerprint density at radius 3 is 2.89 bits per heavy atom. The highest BCUT2D eigenvalue weighted by Gasteiger charge is 2.07. The van der Waals surface area contributed by atoms with Crippen molar-refractivity contribution in [2.75, 3.05) is 19.0 Å².